The molecule has 0 bridgehead atoms. The molecule has 0 heterocycles. The van der Waals surface area contributed by atoms with Gasteiger partial charge in [0.1, 0.15) is 0 Å². The molecule has 2 aromatic carbocycles. The summed E-state index contributed by atoms with van der Waals surface area (Å²) < 4.78 is 0. The van der Waals surface area contributed by atoms with Crippen LogP contribution in [0.1, 0.15) is 35.2 Å². The minimum Gasteiger partial charge on any atom is -0.378 e. The van der Waals surface area contributed by atoms with Gasteiger partial charge in [-0.1, -0.05) is 35.4 Å². The molecule has 1 unspecified atom stereocenters. The van der Waals surface area contributed by atoms with Crippen LogP contribution >= 0.6 is 0 Å². The fourth-order valence-electron chi connectivity index (χ4n) is 2.55. The molecule has 4 nitrogen and oxygen atoms in total. The summed E-state index contributed by atoms with van der Waals surface area (Å²) in [5, 5.41) is 14.4. The Labute approximate surface area is 125 Å². The fourth-order valence-corrected chi connectivity index (χ4v) is 2.55. The maximum absolute atomic E-state index is 11.0. The van der Waals surface area contributed by atoms with Crippen molar-refractivity contribution in [3.05, 3.63) is 68.8 Å². The Bertz CT molecular complexity index is 660. The molecule has 110 valence electrons. The van der Waals surface area contributed by atoms with Crippen LogP contribution in [-0.2, 0) is 0 Å². The van der Waals surface area contributed by atoms with Crippen molar-refractivity contribution >= 4 is 11.4 Å². The number of nitrogens with one attached hydrogen (secondary N) is 1. The van der Waals surface area contributed by atoms with Crippen LogP contribution in [0.5, 0.6) is 0 Å². The van der Waals surface area contributed by atoms with E-state index in [0.29, 0.717) is 5.56 Å². The number of nitro groups is 1. The molecule has 1 atom stereocenters. The van der Waals surface area contributed by atoms with E-state index >= 15 is 0 Å². The van der Waals surface area contributed by atoms with Crippen LogP contribution < -0.4 is 5.32 Å². The lowest BCUT2D eigenvalue weighted by Gasteiger charge is -2.18. The van der Waals surface area contributed by atoms with Gasteiger partial charge < -0.3 is 5.32 Å². The Kier molecular flexibility index (Phi) is 4.26. The summed E-state index contributed by atoms with van der Waals surface area (Å²) in [5.41, 5.74) is 5.23. The van der Waals surface area contributed by atoms with Crippen LogP contribution in [0.2, 0.25) is 0 Å². The molecule has 0 saturated carbocycles. The summed E-state index contributed by atoms with van der Waals surface area (Å²) in [6, 6.07) is 11.6. The molecule has 2 aromatic rings. The van der Waals surface area contributed by atoms with Gasteiger partial charge in [0.05, 0.1) is 4.92 Å². The van der Waals surface area contributed by atoms with Crippen molar-refractivity contribution < 1.29 is 4.92 Å². The molecule has 0 fully saturated rings. The second-order valence-corrected chi connectivity index (χ2v) is 5.49. The first-order valence-electron chi connectivity index (χ1n) is 6.97. The highest BCUT2D eigenvalue weighted by atomic mass is 16.6. The lowest BCUT2D eigenvalue weighted by Crippen LogP contribution is -2.09. The number of hydrogen-bond acceptors (Lipinski definition) is 3. The first kappa shape index (κ1) is 15.0. The highest BCUT2D eigenvalue weighted by Gasteiger charge is 2.15. The summed E-state index contributed by atoms with van der Waals surface area (Å²) >= 11 is 0. The van der Waals surface area contributed by atoms with E-state index in [1.54, 1.807) is 13.0 Å². The van der Waals surface area contributed by atoms with E-state index in [4.69, 9.17) is 0 Å². The Morgan fingerprint density at radius 2 is 1.71 bits per heavy atom. The Morgan fingerprint density at radius 1 is 1.10 bits per heavy atom. The predicted molar refractivity (Wildman–Crippen MR) is 85.8 cm³/mol. The Hall–Kier alpha value is -2.36. The summed E-state index contributed by atoms with van der Waals surface area (Å²) in [6.45, 7) is 7.98. The maximum atomic E-state index is 11.0. The average Bonchev–Trinajstić information content (AvgIpc) is 2.39. The SMILES string of the molecule is Cc1cc(C)cc(C(C)Nc2cccc([N+](=O)[O-])c2C)c1. The predicted octanol–water partition coefficient (Wildman–Crippen LogP) is 4.69. The molecule has 2 rings (SSSR count). The van der Waals surface area contributed by atoms with Crippen LogP contribution in [0.15, 0.2) is 36.4 Å². The number of aryl methyl sites for hydroxylation is 2. The standard InChI is InChI=1S/C17H20N2O2/c1-11-8-12(2)10-15(9-11)14(4)18-16-6-5-7-17(13(16)3)19(20)21/h5-10,14,18H,1-4H3. The Balaban J connectivity index is 2.29. The molecule has 0 saturated heterocycles. The van der Waals surface area contributed by atoms with Crippen LogP contribution in [0, 0.1) is 30.9 Å². The van der Waals surface area contributed by atoms with E-state index < -0.39 is 0 Å². The molecule has 0 aliphatic carbocycles. The minimum atomic E-state index is -0.345. The van der Waals surface area contributed by atoms with Gasteiger partial charge in [0.2, 0.25) is 0 Å². The fraction of sp³-hybridized carbons (Fsp3) is 0.294. The van der Waals surface area contributed by atoms with E-state index in [9.17, 15) is 10.1 Å². The largest absolute Gasteiger partial charge is 0.378 e. The van der Waals surface area contributed by atoms with Crippen LogP contribution in [-0.4, -0.2) is 4.92 Å². The number of rotatable bonds is 4. The Morgan fingerprint density at radius 3 is 2.29 bits per heavy atom. The van der Waals surface area contributed by atoms with Gasteiger partial charge in [0, 0.05) is 23.4 Å². The van der Waals surface area contributed by atoms with E-state index in [0.717, 1.165) is 5.69 Å². The number of nitrogens with zero attached hydrogens (tertiary/aromatic N) is 1. The van der Waals surface area contributed by atoms with Crippen molar-refractivity contribution in [2.24, 2.45) is 0 Å². The number of nitro benzene ring substituents is 1. The van der Waals surface area contributed by atoms with Gasteiger partial charge in [-0.2, -0.15) is 0 Å². The van der Waals surface area contributed by atoms with Crippen molar-refractivity contribution in [3.63, 3.8) is 0 Å². The van der Waals surface area contributed by atoms with E-state index in [1.165, 1.54) is 22.8 Å². The summed E-state index contributed by atoms with van der Waals surface area (Å²) in [7, 11) is 0. The number of hydrogen-bond donors (Lipinski definition) is 1. The van der Waals surface area contributed by atoms with E-state index in [2.05, 4.69) is 44.3 Å². The lowest BCUT2D eigenvalue weighted by atomic mass is 10.0. The van der Waals surface area contributed by atoms with Gasteiger partial charge in [-0.05, 0) is 39.3 Å². The van der Waals surface area contributed by atoms with Gasteiger partial charge in [-0.15, -0.1) is 0 Å². The van der Waals surface area contributed by atoms with Crippen LogP contribution in [0.3, 0.4) is 0 Å². The third kappa shape index (κ3) is 3.40. The number of benzene rings is 2. The van der Waals surface area contributed by atoms with E-state index in [-0.39, 0.29) is 16.7 Å². The molecule has 0 spiro atoms. The normalized spacial score (nSPS) is 12.0. The quantitative estimate of drug-likeness (QED) is 0.654. The summed E-state index contributed by atoms with van der Waals surface area (Å²) in [5.74, 6) is 0. The first-order valence-corrected chi connectivity index (χ1v) is 6.97. The zero-order chi connectivity index (χ0) is 15.6. The second-order valence-electron chi connectivity index (χ2n) is 5.49. The van der Waals surface area contributed by atoms with Crippen molar-refractivity contribution in [2.45, 2.75) is 33.7 Å². The molecular weight excluding hydrogens is 264 g/mol. The van der Waals surface area contributed by atoms with Crippen molar-refractivity contribution in [2.75, 3.05) is 5.32 Å². The van der Waals surface area contributed by atoms with Gasteiger partial charge in [0.15, 0.2) is 0 Å². The minimum absolute atomic E-state index is 0.0873. The van der Waals surface area contributed by atoms with Crippen LogP contribution in [0.4, 0.5) is 11.4 Å². The topological polar surface area (TPSA) is 55.2 Å². The summed E-state index contributed by atoms with van der Waals surface area (Å²) in [6.07, 6.45) is 0. The lowest BCUT2D eigenvalue weighted by molar-refractivity contribution is -0.385. The van der Waals surface area contributed by atoms with Gasteiger partial charge in [-0.25, -0.2) is 0 Å². The average molecular weight is 284 g/mol. The van der Waals surface area contributed by atoms with Gasteiger partial charge in [0.25, 0.3) is 5.69 Å². The van der Waals surface area contributed by atoms with E-state index in [1.807, 2.05) is 6.07 Å². The molecule has 0 aromatic heterocycles. The highest BCUT2D eigenvalue weighted by molar-refractivity contribution is 5.60. The third-order valence-corrected chi connectivity index (χ3v) is 3.62. The number of anilines is 1. The smallest absolute Gasteiger partial charge is 0.274 e. The first-order chi connectivity index (χ1) is 9.88. The van der Waals surface area contributed by atoms with Gasteiger partial charge in [-0.3, -0.25) is 10.1 Å². The molecule has 0 aliphatic rings. The summed E-state index contributed by atoms with van der Waals surface area (Å²) in [4.78, 5) is 10.7. The van der Waals surface area contributed by atoms with Crippen molar-refractivity contribution in [1.82, 2.24) is 0 Å². The molecule has 1 N–H and O–H groups in total. The maximum Gasteiger partial charge on any atom is 0.274 e. The molecule has 0 aliphatic heterocycles. The molecule has 0 radical (unpaired) electrons. The molecular formula is C17H20N2O2. The second kappa shape index (κ2) is 5.95. The monoisotopic (exact) mass is 284 g/mol. The zero-order valence-corrected chi connectivity index (χ0v) is 12.8. The van der Waals surface area contributed by atoms with Gasteiger partial charge >= 0.3 is 0 Å². The molecule has 21 heavy (non-hydrogen) atoms. The zero-order valence-electron chi connectivity index (χ0n) is 12.8. The van der Waals surface area contributed by atoms with Crippen molar-refractivity contribution in [3.8, 4) is 0 Å². The van der Waals surface area contributed by atoms with Crippen molar-refractivity contribution in [1.29, 1.82) is 0 Å². The molecule has 0 amide bonds. The third-order valence-electron chi connectivity index (χ3n) is 3.62. The molecule has 4 heteroatoms. The van der Waals surface area contributed by atoms with Crippen LogP contribution in [0.25, 0.3) is 0 Å². The highest BCUT2D eigenvalue weighted by Crippen LogP contribution is 2.28.